The molecule has 0 unspecified atom stereocenters. The van der Waals surface area contributed by atoms with E-state index in [2.05, 4.69) is 47.8 Å². The van der Waals surface area contributed by atoms with Crippen LogP contribution in [0.3, 0.4) is 0 Å². The molecule has 1 amide bonds. The number of amides is 1. The predicted molar refractivity (Wildman–Crippen MR) is 104 cm³/mol. The summed E-state index contributed by atoms with van der Waals surface area (Å²) in [5.41, 5.74) is 1.76. The van der Waals surface area contributed by atoms with E-state index in [9.17, 15) is 4.79 Å². The van der Waals surface area contributed by atoms with Gasteiger partial charge in [-0.05, 0) is 52.8 Å². The summed E-state index contributed by atoms with van der Waals surface area (Å²) >= 11 is 29.5. The van der Waals surface area contributed by atoms with Crippen molar-refractivity contribution in [3.63, 3.8) is 0 Å². The van der Waals surface area contributed by atoms with Crippen LogP contribution in [0.2, 0.25) is 0 Å². The number of nitrogens with one attached hydrogen (secondary N) is 3. The minimum absolute atomic E-state index is 0.201. The van der Waals surface area contributed by atoms with Gasteiger partial charge in [0.25, 0.3) is 0 Å². The lowest BCUT2D eigenvalue weighted by Gasteiger charge is -2.27. The second-order valence-electron chi connectivity index (χ2n) is 4.35. The van der Waals surface area contributed by atoms with Gasteiger partial charge in [-0.25, -0.2) is 0 Å². The van der Waals surface area contributed by atoms with Gasteiger partial charge in [-0.1, -0.05) is 50.7 Å². The van der Waals surface area contributed by atoms with Gasteiger partial charge >= 0.3 is 0 Å². The van der Waals surface area contributed by atoms with E-state index in [1.807, 2.05) is 19.1 Å². The average molecular weight is 512 g/mol. The molecule has 22 heavy (non-hydrogen) atoms. The average Bonchev–Trinajstić information content (AvgIpc) is 2.33. The number of thiocarbonyl (C=S) groups is 1. The molecule has 1 rings (SSSR count). The van der Waals surface area contributed by atoms with Crippen LogP contribution in [0.5, 0.6) is 0 Å². The molecule has 0 aromatic heterocycles. The Hall–Kier alpha value is 0.210. The third kappa shape index (κ3) is 6.37. The Labute approximate surface area is 165 Å². The first-order valence-electron chi connectivity index (χ1n) is 5.87. The molecular formula is C12H12Br2Cl3N3OS. The Balaban J connectivity index is 2.84. The molecule has 0 radical (unpaired) electrons. The number of rotatable bonds is 3. The fourth-order valence-corrected chi connectivity index (χ4v) is 3.09. The topological polar surface area (TPSA) is 53.2 Å². The standard InChI is InChI=1S/C12H12Br2Cl3N3OS/c1-5-3-9(8(14)4-7(5)13)19-11(22)20-10(12(15,16)17)18-6(2)21/h3-4,10H,1-2H3,(H,18,21)(H2,19,20,22)/t10-/m0/s1. The number of benzene rings is 1. The van der Waals surface area contributed by atoms with Crippen molar-refractivity contribution in [3.05, 3.63) is 26.6 Å². The molecule has 3 N–H and O–H groups in total. The summed E-state index contributed by atoms with van der Waals surface area (Å²) in [5.74, 6) is -0.354. The fraction of sp³-hybridized carbons (Fsp3) is 0.333. The van der Waals surface area contributed by atoms with Crippen molar-refractivity contribution >= 4 is 95.6 Å². The summed E-state index contributed by atoms with van der Waals surface area (Å²) < 4.78 is 0.00452. The van der Waals surface area contributed by atoms with Gasteiger partial charge in [-0.3, -0.25) is 4.79 Å². The number of aryl methyl sites for hydroxylation is 1. The first-order chi connectivity index (χ1) is 10.0. The zero-order chi connectivity index (χ0) is 17.1. The lowest BCUT2D eigenvalue weighted by molar-refractivity contribution is -0.119. The zero-order valence-electron chi connectivity index (χ0n) is 11.4. The van der Waals surface area contributed by atoms with Gasteiger partial charge in [0.1, 0.15) is 6.17 Å². The van der Waals surface area contributed by atoms with Crippen LogP contribution in [0.4, 0.5) is 5.69 Å². The summed E-state index contributed by atoms with van der Waals surface area (Å²) in [4.78, 5) is 11.2. The van der Waals surface area contributed by atoms with Crippen molar-refractivity contribution in [1.29, 1.82) is 0 Å². The molecule has 0 aliphatic rings. The van der Waals surface area contributed by atoms with E-state index in [1.165, 1.54) is 6.92 Å². The van der Waals surface area contributed by atoms with E-state index in [4.69, 9.17) is 47.0 Å². The molecular weight excluding hydrogens is 500 g/mol. The van der Waals surface area contributed by atoms with Crippen LogP contribution in [0.25, 0.3) is 0 Å². The minimum Gasteiger partial charge on any atom is -0.339 e. The van der Waals surface area contributed by atoms with E-state index in [0.29, 0.717) is 0 Å². The molecule has 0 aliphatic heterocycles. The highest BCUT2D eigenvalue weighted by molar-refractivity contribution is 9.11. The SMILES string of the molecule is CC(=O)N[C@@H](NC(=S)Nc1cc(C)c(Br)cc1Br)C(Cl)(Cl)Cl. The van der Waals surface area contributed by atoms with Crippen molar-refractivity contribution < 1.29 is 4.79 Å². The molecule has 122 valence electrons. The number of hydrogen-bond acceptors (Lipinski definition) is 2. The Bertz CT molecular complexity index is 596. The molecule has 0 spiro atoms. The van der Waals surface area contributed by atoms with Crippen LogP contribution in [0.1, 0.15) is 12.5 Å². The van der Waals surface area contributed by atoms with Gasteiger partial charge < -0.3 is 16.0 Å². The van der Waals surface area contributed by atoms with Gasteiger partial charge in [0.2, 0.25) is 9.70 Å². The van der Waals surface area contributed by atoms with Crippen LogP contribution in [0.15, 0.2) is 21.1 Å². The van der Waals surface area contributed by atoms with E-state index in [0.717, 1.165) is 20.2 Å². The zero-order valence-corrected chi connectivity index (χ0v) is 17.7. The third-order valence-corrected chi connectivity index (χ3v) is 4.83. The van der Waals surface area contributed by atoms with Gasteiger partial charge in [-0.15, -0.1) is 0 Å². The van der Waals surface area contributed by atoms with Crippen molar-refractivity contribution in [1.82, 2.24) is 10.6 Å². The summed E-state index contributed by atoms with van der Waals surface area (Å²) in [6, 6.07) is 3.78. The van der Waals surface area contributed by atoms with Crippen LogP contribution < -0.4 is 16.0 Å². The smallest absolute Gasteiger partial charge is 0.228 e. The molecule has 1 aromatic carbocycles. The number of carbonyl (C=O) groups excluding carboxylic acids is 1. The monoisotopic (exact) mass is 509 g/mol. The van der Waals surface area contributed by atoms with E-state index in [1.54, 1.807) is 0 Å². The molecule has 0 fully saturated rings. The van der Waals surface area contributed by atoms with Gasteiger partial charge in [0, 0.05) is 15.9 Å². The number of halogens is 5. The van der Waals surface area contributed by atoms with Crippen molar-refractivity contribution in [2.45, 2.75) is 23.8 Å². The number of anilines is 1. The quantitative estimate of drug-likeness (QED) is 0.314. The molecule has 0 bridgehead atoms. The fourth-order valence-electron chi connectivity index (χ4n) is 1.45. The van der Waals surface area contributed by atoms with Crippen LogP contribution >= 0.6 is 78.9 Å². The van der Waals surface area contributed by atoms with Crippen LogP contribution in [0, 0.1) is 6.92 Å². The summed E-state index contributed by atoms with van der Waals surface area (Å²) in [7, 11) is 0. The van der Waals surface area contributed by atoms with Crippen LogP contribution in [-0.4, -0.2) is 21.0 Å². The summed E-state index contributed by atoms with van der Waals surface area (Å²) in [6.07, 6.45) is -0.967. The molecule has 10 heteroatoms. The molecule has 1 aromatic rings. The largest absolute Gasteiger partial charge is 0.339 e. The summed E-state index contributed by atoms with van der Waals surface area (Å²) in [6.45, 7) is 3.26. The highest BCUT2D eigenvalue weighted by atomic mass is 79.9. The Morgan fingerprint density at radius 1 is 1.23 bits per heavy atom. The highest BCUT2D eigenvalue weighted by Crippen LogP contribution is 2.31. The lowest BCUT2D eigenvalue weighted by Crippen LogP contribution is -2.55. The molecule has 0 aliphatic carbocycles. The molecule has 1 atom stereocenters. The maximum atomic E-state index is 11.2. The normalized spacial score (nSPS) is 12.5. The number of hydrogen-bond donors (Lipinski definition) is 3. The summed E-state index contributed by atoms with van der Waals surface area (Å²) in [5, 5.41) is 8.42. The minimum atomic E-state index is -1.76. The molecule has 4 nitrogen and oxygen atoms in total. The van der Waals surface area contributed by atoms with Gasteiger partial charge in [0.15, 0.2) is 5.11 Å². The molecule has 0 saturated carbocycles. The van der Waals surface area contributed by atoms with E-state index >= 15 is 0 Å². The Morgan fingerprint density at radius 2 is 1.82 bits per heavy atom. The number of carbonyl (C=O) groups is 1. The highest BCUT2D eigenvalue weighted by Gasteiger charge is 2.34. The third-order valence-electron chi connectivity index (χ3n) is 2.45. The lowest BCUT2D eigenvalue weighted by atomic mass is 10.2. The molecule has 0 saturated heterocycles. The first-order valence-corrected chi connectivity index (χ1v) is 9.00. The van der Waals surface area contributed by atoms with Crippen molar-refractivity contribution in [2.75, 3.05) is 5.32 Å². The van der Waals surface area contributed by atoms with Crippen molar-refractivity contribution in [3.8, 4) is 0 Å². The Morgan fingerprint density at radius 3 is 2.32 bits per heavy atom. The molecule has 0 heterocycles. The second kappa shape index (κ2) is 8.35. The maximum Gasteiger partial charge on any atom is 0.228 e. The predicted octanol–water partition coefficient (Wildman–Crippen LogP) is 4.64. The van der Waals surface area contributed by atoms with Gasteiger partial charge in [-0.2, -0.15) is 0 Å². The van der Waals surface area contributed by atoms with Crippen LogP contribution in [-0.2, 0) is 4.79 Å². The van der Waals surface area contributed by atoms with E-state index in [-0.39, 0.29) is 11.0 Å². The van der Waals surface area contributed by atoms with Gasteiger partial charge in [0.05, 0.1) is 5.69 Å². The Kier molecular flexibility index (Phi) is 7.69. The second-order valence-corrected chi connectivity index (χ2v) is 8.84. The van der Waals surface area contributed by atoms with E-state index < -0.39 is 9.96 Å². The van der Waals surface area contributed by atoms with Crippen molar-refractivity contribution in [2.24, 2.45) is 0 Å². The number of alkyl halides is 3. The first kappa shape index (κ1) is 20.3. The maximum absolute atomic E-state index is 11.2.